The lowest BCUT2D eigenvalue weighted by Gasteiger charge is -2.40. The molecular formula is C13H22O3. The predicted molar refractivity (Wildman–Crippen MR) is 62.7 cm³/mol. The van der Waals surface area contributed by atoms with Gasteiger partial charge in [0.05, 0.1) is 0 Å². The van der Waals surface area contributed by atoms with Crippen LogP contribution >= 0.6 is 0 Å². The fourth-order valence-corrected chi connectivity index (χ4v) is 2.27. The summed E-state index contributed by atoms with van der Waals surface area (Å²) in [6, 6.07) is 0. The van der Waals surface area contributed by atoms with Gasteiger partial charge in [0.25, 0.3) is 0 Å². The van der Waals surface area contributed by atoms with E-state index in [1.807, 2.05) is 0 Å². The Hall–Kier alpha value is -0.830. The zero-order valence-electron chi connectivity index (χ0n) is 10.5. The van der Waals surface area contributed by atoms with Crippen molar-refractivity contribution in [3.63, 3.8) is 0 Å². The number of aliphatic hydroxyl groups is 1. The molecule has 1 N–H and O–H groups in total. The summed E-state index contributed by atoms with van der Waals surface area (Å²) in [5.41, 5.74) is 0.254. The third kappa shape index (κ3) is 3.34. The van der Waals surface area contributed by atoms with Crippen molar-refractivity contribution >= 4 is 5.97 Å². The molecule has 16 heavy (non-hydrogen) atoms. The highest BCUT2D eigenvalue weighted by Gasteiger charge is 2.39. The number of esters is 1. The van der Waals surface area contributed by atoms with Crippen molar-refractivity contribution in [3.8, 4) is 0 Å². The van der Waals surface area contributed by atoms with Crippen LogP contribution in [0.15, 0.2) is 12.7 Å². The van der Waals surface area contributed by atoms with Gasteiger partial charge in [-0.1, -0.05) is 27.4 Å². The van der Waals surface area contributed by atoms with Crippen molar-refractivity contribution in [3.05, 3.63) is 12.7 Å². The van der Waals surface area contributed by atoms with E-state index >= 15 is 0 Å². The average molecular weight is 226 g/mol. The van der Waals surface area contributed by atoms with Crippen LogP contribution in [0.5, 0.6) is 0 Å². The number of carbonyl (C=O) groups excluding carboxylic acids is 1. The summed E-state index contributed by atoms with van der Waals surface area (Å²) in [5.74, 6) is -1.24. The molecule has 1 aliphatic carbocycles. The maximum Gasteiger partial charge on any atom is 0.332 e. The molecule has 92 valence electrons. The van der Waals surface area contributed by atoms with E-state index in [1.54, 1.807) is 0 Å². The molecule has 0 unspecified atom stereocenters. The van der Waals surface area contributed by atoms with Crippen LogP contribution in [0, 0.1) is 11.3 Å². The first-order valence-corrected chi connectivity index (χ1v) is 5.85. The van der Waals surface area contributed by atoms with Gasteiger partial charge in [-0.15, -0.1) is 0 Å². The van der Waals surface area contributed by atoms with Gasteiger partial charge in [-0.2, -0.15) is 0 Å². The molecule has 1 rings (SSSR count). The molecule has 0 radical (unpaired) electrons. The zero-order valence-corrected chi connectivity index (χ0v) is 10.5. The largest absolute Gasteiger partial charge is 0.430 e. The minimum absolute atomic E-state index is 0.254. The third-order valence-corrected chi connectivity index (χ3v) is 3.45. The van der Waals surface area contributed by atoms with Crippen LogP contribution in [0.3, 0.4) is 0 Å². The van der Waals surface area contributed by atoms with Gasteiger partial charge in [-0.3, -0.25) is 0 Å². The third-order valence-electron chi connectivity index (χ3n) is 3.45. The van der Waals surface area contributed by atoms with Crippen LogP contribution in [-0.2, 0) is 9.53 Å². The number of carbonyl (C=O) groups is 1. The second-order valence-corrected chi connectivity index (χ2v) is 5.71. The Morgan fingerprint density at radius 3 is 2.31 bits per heavy atom. The molecule has 0 heterocycles. The topological polar surface area (TPSA) is 46.5 Å². The van der Waals surface area contributed by atoms with Gasteiger partial charge in [0.15, 0.2) is 0 Å². The lowest BCUT2D eigenvalue weighted by atomic mass is 9.71. The Kier molecular flexibility index (Phi) is 3.79. The summed E-state index contributed by atoms with van der Waals surface area (Å²) >= 11 is 0. The van der Waals surface area contributed by atoms with Gasteiger partial charge in [-0.05, 0) is 24.2 Å². The van der Waals surface area contributed by atoms with E-state index in [-0.39, 0.29) is 5.41 Å². The Balaban J connectivity index is 2.53. The van der Waals surface area contributed by atoms with Crippen LogP contribution in [0.2, 0.25) is 0 Å². The maximum atomic E-state index is 11.1. The molecule has 1 saturated carbocycles. The summed E-state index contributed by atoms with van der Waals surface area (Å²) < 4.78 is 4.99. The van der Waals surface area contributed by atoms with Crippen LogP contribution in [0.25, 0.3) is 0 Å². The lowest BCUT2D eigenvalue weighted by Crippen LogP contribution is -2.40. The van der Waals surface area contributed by atoms with Crippen molar-refractivity contribution in [2.75, 3.05) is 0 Å². The van der Waals surface area contributed by atoms with Crippen molar-refractivity contribution < 1.29 is 14.6 Å². The molecule has 0 aliphatic heterocycles. The van der Waals surface area contributed by atoms with E-state index in [9.17, 15) is 9.90 Å². The Bertz CT molecular complexity index is 267. The Morgan fingerprint density at radius 1 is 1.44 bits per heavy atom. The molecule has 0 saturated heterocycles. The van der Waals surface area contributed by atoms with Gasteiger partial charge in [0.1, 0.15) is 0 Å². The van der Waals surface area contributed by atoms with Crippen molar-refractivity contribution in [2.45, 2.75) is 52.2 Å². The molecule has 0 bridgehead atoms. The maximum absolute atomic E-state index is 11.1. The van der Waals surface area contributed by atoms with Crippen LogP contribution in [0.4, 0.5) is 0 Å². The molecule has 0 atom stereocenters. The average Bonchev–Trinajstić information content (AvgIpc) is 2.16. The Morgan fingerprint density at radius 2 is 1.94 bits per heavy atom. The van der Waals surface area contributed by atoms with E-state index in [2.05, 4.69) is 27.4 Å². The summed E-state index contributed by atoms with van der Waals surface area (Å²) in [6.07, 6.45) is 3.92. The van der Waals surface area contributed by atoms with E-state index in [4.69, 9.17) is 4.74 Å². The molecule has 3 heteroatoms. The van der Waals surface area contributed by atoms with Gasteiger partial charge in [0.2, 0.25) is 5.79 Å². The number of hydrogen-bond acceptors (Lipinski definition) is 3. The minimum atomic E-state index is -1.27. The molecule has 3 nitrogen and oxygen atoms in total. The van der Waals surface area contributed by atoms with Gasteiger partial charge in [-0.25, -0.2) is 4.79 Å². The highest BCUT2D eigenvalue weighted by atomic mass is 16.7. The molecule has 0 amide bonds. The van der Waals surface area contributed by atoms with Crippen molar-refractivity contribution in [1.82, 2.24) is 0 Å². The predicted octanol–water partition coefficient (Wildman–Crippen LogP) is 2.64. The summed E-state index contributed by atoms with van der Waals surface area (Å²) in [6.45, 7) is 9.94. The molecule has 1 fully saturated rings. The normalized spacial score (nSPS) is 30.9. The van der Waals surface area contributed by atoms with Crippen molar-refractivity contribution in [1.29, 1.82) is 0 Å². The van der Waals surface area contributed by atoms with E-state index in [0.29, 0.717) is 18.8 Å². The number of ether oxygens (including phenoxy) is 1. The van der Waals surface area contributed by atoms with Crippen LogP contribution < -0.4 is 0 Å². The minimum Gasteiger partial charge on any atom is -0.430 e. The highest BCUT2D eigenvalue weighted by molar-refractivity contribution is 5.81. The quantitative estimate of drug-likeness (QED) is 0.447. The fourth-order valence-electron chi connectivity index (χ4n) is 2.27. The first kappa shape index (κ1) is 13.2. The van der Waals surface area contributed by atoms with Gasteiger partial charge >= 0.3 is 5.97 Å². The molecule has 0 spiro atoms. The standard InChI is InChI=1S/C13H22O3/c1-5-11(14)16-13(15)8-6-10(7-9-13)12(2,3)4/h5,10,15H,1,6-9H2,2-4H3. The summed E-state index contributed by atoms with van der Waals surface area (Å²) in [5, 5.41) is 10.1. The van der Waals surface area contributed by atoms with Crippen LogP contribution in [0.1, 0.15) is 46.5 Å². The van der Waals surface area contributed by atoms with Gasteiger partial charge in [0, 0.05) is 18.9 Å². The van der Waals surface area contributed by atoms with Gasteiger partial charge < -0.3 is 9.84 Å². The molecule has 1 aliphatic rings. The molecule has 0 aromatic carbocycles. The monoisotopic (exact) mass is 226 g/mol. The molecule has 0 aromatic heterocycles. The molecular weight excluding hydrogens is 204 g/mol. The van der Waals surface area contributed by atoms with Crippen molar-refractivity contribution in [2.24, 2.45) is 11.3 Å². The number of hydrogen-bond donors (Lipinski definition) is 1. The van der Waals surface area contributed by atoms with E-state index in [1.165, 1.54) is 0 Å². The second kappa shape index (κ2) is 4.58. The highest BCUT2D eigenvalue weighted by Crippen LogP contribution is 2.41. The van der Waals surface area contributed by atoms with Crippen LogP contribution in [-0.4, -0.2) is 16.9 Å². The van der Waals surface area contributed by atoms with E-state index < -0.39 is 11.8 Å². The number of rotatable bonds is 2. The first-order chi connectivity index (χ1) is 7.27. The SMILES string of the molecule is C=CC(=O)OC1(O)CCC(C(C)(C)C)CC1. The second-order valence-electron chi connectivity index (χ2n) is 5.71. The van der Waals surface area contributed by atoms with E-state index in [0.717, 1.165) is 18.9 Å². The first-order valence-electron chi connectivity index (χ1n) is 5.85. The summed E-state index contributed by atoms with van der Waals surface area (Å²) in [4.78, 5) is 11.1. The smallest absolute Gasteiger partial charge is 0.332 e. The fraction of sp³-hybridized carbons (Fsp3) is 0.769. The lowest BCUT2D eigenvalue weighted by molar-refractivity contribution is -0.221. The molecule has 0 aromatic rings. The zero-order chi connectivity index (χ0) is 12.4. The summed E-state index contributed by atoms with van der Waals surface area (Å²) in [7, 11) is 0. The Labute approximate surface area is 97.5 Å².